The summed E-state index contributed by atoms with van der Waals surface area (Å²) >= 11 is 6.38. The number of carbonyl (C=O) groups is 1. The number of amides is 2. The van der Waals surface area contributed by atoms with E-state index in [2.05, 4.69) is 10.6 Å². The third kappa shape index (κ3) is 2.64. The number of hydrogen-bond acceptors (Lipinski definition) is 3. The SMILES string of the molecule is O=C1Nc2c(Cl)ccc(O[C@H]3C[C@H](CO)C3)c2C2(CCCCC2)N1. The number of carbonyl (C=O) groups excluding carboxylic acids is 1. The highest BCUT2D eigenvalue weighted by atomic mass is 35.5. The van der Waals surface area contributed by atoms with Gasteiger partial charge in [0.25, 0.3) is 0 Å². The minimum absolute atomic E-state index is 0.130. The number of benzene rings is 1. The molecule has 6 heteroatoms. The van der Waals surface area contributed by atoms with Gasteiger partial charge in [-0.25, -0.2) is 4.79 Å². The van der Waals surface area contributed by atoms with E-state index in [0.717, 1.165) is 49.8 Å². The molecular weight excluding hydrogens is 328 g/mol. The molecule has 2 aliphatic carbocycles. The topological polar surface area (TPSA) is 70.6 Å². The number of rotatable bonds is 3. The Morgan fingerprint density at radius 1 is 1.25 bits per heavy atom. The molecule has 2 amide bonds. The Morgan fingerprint density at radius 3 is 2.71 bits per heavy atom. The predicted molar refractivity (Wildman–Crippen MR) is 92.6 cm³/mol. The maximum Gasteiger partial charge on any atom is 0.319 e. The van der Waals surface area contributed by atoms with Gasteiger partial charge in [0.05, 0.1) is 22.4 Å². The summed E-state index contributed by atoms with van der Waals surface area (Å²) < 4.78 is 6.24. The smallest absolute Gasteiger partial charge is 0.319 e. The zero-order valence-electron chi connectivity index (χ0n) is 13.6. The second-order valence-corrected chi connectivity index (χ2v) is 7.68. The second-order valence-electron chi connectivity index (χ2n) is 7.28. The van der Waals surface area contributed by atoms with Crippen LogP contribution in [0.1, 0.15) is 50.5 Å². The van der Waals surface area contributed by atoms with Crippen LogP contribution in [0.5, 0.6) is 5.75 Å². The zero-order chi connectivity index (χ0) is 16.7. The van der Waals surface area contributed by atoms with Gasteiger partial charge in [-0.15, -0.1) is 0 Å². The first kappa shape index (κ1) is 16.0. The van der Waals surface area contributed by atoms with E-state index in [-0.39, 0.29) is 24.3 Å². The van der Waals surface area contributed by atoms with Crippen molar-refractivity contribution in [3.8, 4) is 5.75 Å². The standard InChI is InChI=1S/C18H23ClN2O3/c19-13-4-5-14(24-12-8-11(9-12)10-22)15-16(13)20-17(23)21-18(15)6-2-1-3-7-18/h4-5,11-12,22H,1-3,6-10H2,(H2,20,21,23)/t11-,12-. The highest BCUT2D eigenvalue weighted by Crippen LogP contribution is 2.50. The molecule has 1 aromatic carbocycles. The molecule has 2 saturated carbocycles. The Kier molecular flexibility index (Phi) is 4.09. The molecule has 0 unspecified atom stereocenters. The van der Waals surface area contributed by atoms with Crippen LogP contribution in [0, 0.1) is 5.92 Å². The summed E-state index contributed by atoms with van der Waals surface area (Å²) in [6, 6.07) is 3.52. The number of aliphatic hydroxyl groups excluding tert-OH is 1. The van der Waals surface area contributed by atoms with Crippen molar-refractivity contribution in [3.05, 3.63) is 22.7 Å². The maximum absolute atomic E-state index is 12.2. The van der Waals surface area contributed by atoms with E-state index in [1.165, 1.54) is 6.42 Å². The molecule has 3 aliphatic rings. The average molecular weight is 351 g/mol. The van der Waals surface area contributed by atoms with Gasteiger partial charge in [0.2, 0.25) is 0 Å². The van der Waals surface area contributed by atoms with Crippen LogP contribution >= 0.6 is 11.6 Å². The maximum atomic E-state index is 12.2. The molecule has 1 aromatic rings. The monoisotopic (exact) mass is 350 g/mol. The highest BCUT2D eigenvalue weighted by molar-refractivity contribution is 6.34. The lowest BCUT2D eigenvalue weighted by Gasteiger charge is -2.44. The van der Waals surface area contributed by atoms with E-state index >= 15 is 0 Å². The van der Waals surface area contributed by atoms with Crippen LogP contribution in [0.3, 0.4) is 0 Å². The summed E-state index contributed by atoms with van der Waals surface area (Å²) in [7, 11) is 0. The van der Waals surface area contributed by atoms with E-state index in [0.29, 0.717) is 16.6 Å². The van der Waals surface area contributed by atoms with Gasteiger partial charge in [0.15, 0.2) is 0 Å². The number of halogens is 1. The van der Waals surface area contributed by atoms with Crippen LogP contribution in [0.25, 0.3) is 0 Å². The van der Waals surface area contributed by atoms with E-state index in [4.69, 9.17) is 16.3 Å². The van der Waals surface area contributed by atoms with Gasteiger partial charge in [-0.05, 0) is 43.7 Å². The first-order chi connectivity index (χ1) is 11.6. The summed E-state index contributed by atoms with van der Waals surface area (Å²) in [5, 5.41) is 15.8. The lowest BCUT2D eigenvalue weighted by molar-refractivity contribution is 0.0304. The van der Waals surface area contributed by atoms with Crippen LogP contribution in [-0.2, 0) is 5.54 Å². The molecule has 3 N–H and O–H groups in total. The lowest BCUT2D eigenvalue weighted by Crippen LogP contribution is -2.53. The third-order valence-corrected chi connectivity index (χ3v) is 5.95. The first-order valence-electron chi connectivity index (χ1n) is 8.81. The van der Waals surface area contributed by atoms with Crippen LogP contribution < -0.4 is 15.4 Å². The fourth-order valence-corrected chi connectivity index (χ4v) is 4.51. The van der Waals surface area contributed by atoms with Crippen molar-refractivity contribution in [1.82, 2.24) is 5.32 Å². The van der Waals surface area contributed by atoms with Crippen molar-refractivity contribution in [2.45, 2.75) is 56.6 Å². The van der Waals surface area contributed by atoms with Crippen molar-refractivity contribution in [1.29, 1.82) is 0 Å². The molecule has 24 heavy (non-hydrogen) atoms. The minimum atomic E-state index is -0.379. The number of nitrogens with one attached hydrogen (secondary N) is 2. The lowest BCUT2D eigenvalue weighted by atomic mass is 9.74. The van der Waals surface area contributed by atoms with Gasteiger partial charge >= 0.3 is 6.03 Å². The molecular formula is C18H23ClN2O3. The summed E-state index contributed by atoms with van der Waals surface area (Å²) in [6.07, 6.45) is 7.07. The Morgan fingerprint density at radius 2 is 2.00 bits per heavy atom. The normalized spacial score (nSPS) is 27.7. The van der Waals surface area contributed by atoms with Crippen LogP contribution in [0.4, 0.5) is 10.5 Å². The van der Waals surface area contributed by atoms with Crippen molar-refractivity contribution in [3.63, 3.8) is 0 Å². The van der Waals surface area contributed by atoms with Crippen LogP contribution in [0.15, 0.2) is 12.1 Å². The van der Waals surface area contributed by atoms with Gasteiger partial charge in [-0.2, -0.15) is 0 Å². The molecule has 4 rings (SSSR count). The fraction of sp³-hybridized carbons (Fsp3) is 0.611. The molecule has 0 atom stereocenters. The van der Waals surface area contributed by atoms with Gasteiger partial charge in [-0.1, -0.05) is 30.9 Å². The highest BCUT2D eigenvalue weighted by Gasteiger charge is 2.44. The summed E-state index contributed by atoms with van der Waals surface area (Å²) in [5.74, 6) is 1.16. The van der Waals surface area contributed by atoms with Gasteiger partial charge in [0, 0.05) is 12.2 Å². The Labute approximate surface area is 146 Å². The molecule has 0 saturated heterocycles. The molecule has 1 heterocycles. The van der Waals surface area contributed by atoms with Crippen molar-refractivity contribution >= 4 is 23.3 Å². The van der Waals surface area contributed by atoms with Crippen molar-refractivity contribution in [2.24, 2.45) is 5.92 Å². The molecule has 130 valence electrons. The number of urea groups is 1. The number of fused-ring (bicyclic) bond motifs is 2. The van der Waals surface area contributed by atoms with Crippen LogP contribution in [-0.4, -0.2) is 23.8 Å². The van der Waals surface area contributed by atoms with E-state index < -0.39 is 0 Å². The average Bonchev–Trinajstić information content (AvgIpc) is 2.53. The van der Waals surface area contributed by atoms with E-state index in [1.54, 1.807) is 6.07 Å². The van der Waals surface area contributed by atoms with Gasteiger partial charge < -0.3 is 20.5 Å². The summed E-state index contributed by atoms with van der Waals surface area (Å²) in [6.45, 7) is 0.222. The summed E-state index contributed by atoms with van der Waals surface area (Å²) in [4.78, 5) is 12.2. The molecule has 0 aromatic heterocycles. The van der Waals surface area contributed by atoms with Gasteiger partial charge in [-0.3, -0.25) is 0 Å². The first-order valence-corrected chi connectivity index (χ1v) is 9.19. The predicted octanol–water partition coefficient (Wildman–Crippen LogP) is 3.78. The molecule has 0 radical (unpaired) electrons. The van der Waals surface area contributed by atoms with Crippen LogP contribution in [0.2, 0.25) is 5.02 Å². The molecule has 2 fully saturated rings. The van der Waals surface area contributed by atoms with Crippen molar-refractivity contribution in [2.75, 3.05) is 11.9 Å². The van der Waals surface area contributed by atoms with E-state index in [9.17, 15) is 9.90 Å². The fourth-order valence-electron chi connectivity index (χ4n) is 4.31. The molecule has 5 nitrogen and oxygen atoms in total. The molecule has 0 bridgehead atoms. The Hall–Kier alpha value is -1.46. The quantitative estimate of drug-likeness (QED) is 0.776. The molecule has 1 aliphatic heterocycles. The number of aliphatic hydroxyl groups is 1. The largest absolute Gasteiger partial charge is 0.490 e. The number of ether oxygens (including phenoxy) is 1. The summed E-state index contributed by atoms with van der Waals surface area (Å²) in [5.41, 5.74) is 1.32. The third-order valence-electron chi connectivity index (χ3n) is 5.64. The van der Waals surface area contributed by atoms with Crippen molar-refractivity contribution < 1.29 is 14.6 Å². The Bertz CT molecular complexity index is 652. The Balaban J connectivity index is 1.71. The van der Waals surface area contributed by atoms with E-state index in [1.807, 2.05) is 6.07 Å². The number of hydrogen-bond donors (Lipinski definition) is 3. The van der Waals surface area contributed by atoms with Gasteiger partial charge in [0.1, 0.15) is 5.75 Å². The second kappa shape index (κ2) is 6.12. The molecule has 1 spiro atoms. The minimum Gasteiger partial charge on any atom is -0.490 e. The number of anilines is 1. The zero-order valence-corrected chi connectivity index (χ0v) is 14.4.